The van der Waals surface area contributed by atoms with E-state index in [1.54, 1.807) is 26.2 Å². The second kappa shape index (κ2) is 8.75. The number of urea groups is 1. The SMILES string of the molecule is COc1ccc([C@H]2CC(c3ccccc3)=NN2C(=O)CN2C(=O)N[C@](C)(c3ccco3)C2=O)cc1. The van der Waals surface area contributed by atoms with Crippen LogP contribution >= 0.6 is 0 Å². The highest BCUT2D eigenvalue weighted by Crippen LogP contribution is 2.35. The van der Waals surface area contributed by atoms with Crippen molar-refractivity contribution in [3.63, 3.8) is 0 Å². The molecule has 2 aliphatic rings. The lowest BCUT2D eigenvalue weighted by atomic mass is 9.98. The van der Waals surface area contributed by atoms with Gasteiger partial charge in [0.05, 0.1) is 25.1 Å². The highest BCUT2D eigenvalue weighted by Gasteiger charge is 2.52. The number of carbonyl (C=O) groups is 3. The van der Waals surface area contributed by atoms with E-state index in [0.717, 1.165) is 21.7 Å². The minimum absolute atomic E-state index is 0.299. The molecular weight excluding hydrogens is 448 g/mol. The van der Waals surface area contributed by atoms with Gasteiger partial charge < -0.3 is 14.5 Å². The van der Waals surface area contributed by atoms with Crippen molar-refractivity contribution < 1.29 is 23.5 Å². The Bertz CT molecular complexity index is 1290. The fraction of sp³-hybridized carbons (Fsp3) is 0.231. The summed E-state index contributed by atoms with van der Waals surface area (Å²) < 4.78 is 10.6. The molecule has 0 aliphatic carbocycles. The normalized spacial score (nSPS) is 21.8. The Kier molecular flexibility index (Phi) is 5.60. The molecule has 1 fully saturated rings. The molecule has 178 valence electrons. The van der Waals surface area contributed by atoms with Gasteiger partial charge in [-0.3, -0.25) is 14.5 Å². The number of carbonyl (C=O) groups excluding carboxylic acids is 3. The van der Waals surface area contributed by atoms with Gasteiger partial charge in [0.15, 0.2) is 5.54 Å². The number of furan rings is 1. The molecule has 2 atom stereocenters. The molecular formula is C26H24N4O5. The summed E-state index contributed by atoms with van der Waals surface area (Å²) >= 11 is 0. The van der Waals surface area contributed by atoms with Crippen molar-refractivity contribution in [3.05, 3.63) is 89.9 Å². The van der Waals surface area contributed by atoms with Gasteiger partial charge in [0.25, 0.3) is 11.8 Å². The third kappa shape index (κ3) is 3.95. The molecule has 9 heteroatoms. The monoisotopic (exact) mass is 472 g/mol. The number of methoxy groups -OCH3 is 1. The fourth-order valence-corrected chi connectivity index (χ4v) is 4.41. The van der Waals surface area contributed by atoms with Crippen LogP contribution in [0.2, 0.25) is 0 Å². The Morgan fingerprint density at radius 2 is 1.86 bits per heavy atom. The predicted molar refractivity (Wildman–Crippen MR) is 126 cm³/mol. The first-order valence-electron chi connectivity index (χ1n) is 11.2. The van der Waals surface area contributed by atoms with E-state index in [4.69, 9.17) is 9.15 Å². The van der Waals surface area contributed by atoms with E-state index >= 15 is 0 Å². The van der Waals surface area contributed by atoms with Crippen molar-refractivity contribution >= 4 is 23.6 Å². The number of hydrogen-bond donors (Lipinski definition) is 1. The molecule has 0 unspecified atom stereocenters. The molecule has 9 nitrogen and oxygen atoms in total. The molecule has 0 bridgehead atoms. The number of hydrazone groups is 1. The maximum Gasteiger partial charge on any atom is 0.325 e. The minimum Gasteiger partial charge on any atom is -0.497 e. The summed E-state index contributed by atoms with van der Waals surface area (Å²) in [5.74, 6) is -0.0277. The molecule has 0 saturated carbocycles. The van der Waals surface area contributed by atoms with Crippen molar-refractivity contribution in [2.24, 2.45) is 5.10 Å². The van der Waals surface area contributed by atoms with Crippen LogP contribution in [0, 0.1) is 0 Å². The van der Waals surface area contributed by atoms with Crippen LogP contribution < -0.4 is 10.1 Å². The van der Waals surface area contributed by atoms with Gasteiger partial charge in [0.2, 0.25) is 0 Å². The number of benzene rings is 2. The van der Waals surface area contributed by atoms with E-state index in [1.807, 2.05) is 54.6 Å². The zero-order valence-corrected chi connectivity index (χ0v) is 19.3. The molecule has 1 saturated heterocycles. The van der Waals surface area contributed by atoms with E-state index in [9.17, 15) is 14.4 Å². The largest absolute Gasteiger partial charge is 0.497 e. The second-order valence-corrected chi connectivity index (χ2v) is 8.57. The number of ether oxygens (including phenoxy) is 1. The number of imide groups is 1. The topological polar surface area (TPSA) is 104 Å². The molecule has 1 aromatic heterocycles. The first kappa shape index (κ1) is 22.4. The minimum atomic E-state index is -1.38. The lowest BCUT2D eigenvalue weighted by Gasteiger charge is -2.24. The van der Waals surface area contributed by atoms with Gasteiger partial charge in [0, 0.05) is 6.42 Å². The van der Waals surface area contributed by atoms with Crippen LogP contribution in [0.4, 0.5) is 4.79 Å². The zero-order chi connectivity index (χ0) is 24.6. The van der Waals surface area contributed by atoms with Crippen molar-refractivity contribution in [2.45, 2.75) is 24.9 Å². The van der Waals surface area contributed by atoms with Crippen molar-refractivity contribution in [3.8, 4) is 5.75 Å². The average Bonchev–Trinajstić information content (AvgIpc) is 3.62. The van der Waals surface area contributed by atoms with Crippen LogP contribution in [0.1, 0.15) is 36.3 Å². The smallest absolute Gasteiger partial charge is 0.325 e. The number of nitrogens with one attached hydrogen (secondary N) is 1. The first-order chi connectivity index (χ1) is 16.9. The summed E-state index contributed by atoms with van der Waals surface area (Å²) in [5.41, 5.74) is 1.14. The molecule has 1 N–H and O–H groups in total. The van der Waals surface area contributed by atoms with Gasteiger partial charge in [-0.15, -0.1) is 0 Å². The fourth-order valence-electron chi connectivity index (χ4n) is 4.41. The summed E-state index contributed by atoms with van der Waals surface area (Å²) in [6.07, 6.45) is 1.92. The summed E-state index contributed by atoms with van der Waals surface area (Å²) in [6.45, 7) is 1.11. The molecule has 3 heterocycles. The summed E-state index contributed by atoms with van der Waals surface area (Å²) in [4.78, 5) is 40.2. The number of hydrogen-bond acceptors (Lipinski definition) is 6. The Labute approximate surface area is 202 Å². The first-order valence-corrected chi connectivity index (χ1v) is 11.2. The maximum atomic E-state index is 13.5. The Balaban J connectivity index is 1.42. The number of nitrogens with zero attached hydrogens (tertiary/aromatic N) is 3. The van der Waals surface area contributed by atoms with E-state index in [2.05, 4.69) is 10.4 Å². The van der Waals surface area contributed by atoms with E-state index in [-0.39, 0.29) is 6.04 Å². The molecule has 4 amide bonds. The molecule has 0 spiro atoms. The third-order valence-electron chi connectivity index (χ3n) is 6.36. The van der Waals surface area contributed by atoms with Crippen LogP contribution in [0.5, 0.6) is 5.75 Å². The molecule has 3 aromatic rings. The van der Waals surface area contributed by atoms with Gasteiger partial charge in [-0.2, -0.15) is 5.10 Å². The Hall–Kier alpha value is -4.40. The van der Waals surface area contributed by atoms with Crippen LogP contribution in [0.15, 0.2) is 82.5 Å². The summed E-state index contributed by atoms with van der Waals surface area (Å²) in [6, 6.07) is 19.2. The number of amides is 4. The summed E-state index contributed by atoms with van der Waals surface area (Å²) in [5, 5.41) is 8.63. The van der Waals surface area contributed by atoms with E-state index in [1.165, 1.54) is 11.3 Å². The zero-order valence-electron chi connectivity index (χ0n) is 19.3. The Morgan fingerprint density at radius 3 is 2.51 bits per heavy atom. The van der Waals surface area contributed by atoms with E-state index < -0.39 is 29.9 Å². The molecule has 5 rings (SSSR count). The average molecular weight is 473 g/mol. The Morgan fingerprint density at radius 1 is 1.11 bits per heavy atom. The highest BCUT2D eigenvalue weighted by atomic mass is 16.5. The van der Waals surface area contributed by atoms with Gasteiger partial charge >= 0.3 is 6.03 Å². The van der Waals surface area contributed by atoms with Gasteiger partial charge in [-0.1, -0.05) is 42.5 Å². The van der Waals surface area contributed by atoms with Crippen LogP contribution in [-0.4, -0.2) is 47.1 Å². The predicted octanol–water partition coefficient (Wildman–Crippen LogP) is 3.43. The van der Waals surface area contributed by atoms with Crippen LogP contribution in [0.25, 0.3) is 0 Å². The highest BCUT2D eigenvalue weighted by molar-refractivity contribution is 6.09. The molecule has 2 aliphatic heterocycles. The van der Waals surface area contributed by atoms with E-state index in [0.29, 0.717) is 17.9 Å². The van der Waals surface area contributed by atoms with Crippen molar-refractivity contribution in [1.82, 2.24) is 15.2 Å². The van der Waals surface area contributed by atoms with Crippen LogP contribution in [-0.2, 0) is 15.1 Å². The van der Waals surface area contributed by atoms with Crippen molar-refractivity contribution in [1.29, 1.82) is 0 Å². The molecule has 2 aromatic carbocycles. The molecule has 35 heavy (non-hydrogen) atoms. The van der Waals surface area contributed by atoms with Crippen LogP contribution in [0.3, 0.4) is 0 Å². The van der Waals surface area contributed by atoms with Gasteiger partial charge in [-0.05, 0) is 42.3 Å². The number of rotatable bonds is 6. The summed E-state index contributed by atoms with van der Waals surface area (Å²) in [7, 11) is 1.59. The molecule has 0 radical (unpaired) electrons. The lowest BCUT2D eigenvalue weighted by molar-refractivity contribution is -0.140. The second-order valence-electron chi connectivity index (χ2n) is 8.57. The third-order valence-corrected chi connectivity index (χ3v) is 6.36. The van der Waals surface area contributed by atoms with Crippen molar-refractivity contribution in [2.75, 3.05) is 13.7 Å². The van der Waals surface area contributed by atoms with Gasteiger partial charge in [-0.25, -0.2) is 9.80 Å². The standard InChI is InChI=1S/C26H24N4O5/c1-26(22-9-6-14-35-22)24(32)29(25(33)27-26)16-23(31)30-21(18-10-12-19(34-2)13-11-18)15-20(28-30)17-7-4-3-5-8-17/h3-14,21H,15-16H2,1-2H3,(H,27,33)/t21-,26-/m1/s1. The van der Waals surface area contributed by atoms with Gasteiger partial charge in [0.1, 0.15) is 18.1 Å². The maximum absolute atomic E-state index is 13.5. The lowest BCUT2D eigenvalue weighted by Crippen LogP contribution is -2.43. The quantitative estimate of drug-likeness (QED) is 0.554.